The summed E-state index contributed by atoms with van der Waals surface area (Å²) in [6.45, 7) is 2.12. The molecule has 0 saturated heterocycles. The van der Waals surface area contributed by atoms with Gasteiger partial charge in [0, 0.05) is 0 Å². The highest BCUT2D eigenvalue weighted by Crippen LogP contribution is 2.24. The third-order valence-corrected chi connectivity index (χ3v) is 3.07. The molecule has 18 heavy (non-hydrogen) atoms. The molecule has 94 valence electrons. The Kier molecular flexibility index (Phi) is 4.15. The number of rotatable bonds is 4. The van der Waals surface area contributed by atoms with Crippen molar-refractivity contribution in [3.05, 3.63) is 46.7 Å². The highest BCUT2D eigenvalue weighted by molar-refractivity contribution is 9.10. The number of benzene rings is 1. The predicted molar refractivity (Wildman–Crippen MR) is 77.2 cm³/mol. The number of nitrogens with two attached hydrogens (primary N) is 1. The molecule has 0 radical (unpaired) electrons. The minimum absolute atomic E-state index is 0.184. The SMILES string of the molecule is CCC(Nc1ncc(Br)nc1N)c1ccccc1. The summed E-state index contributed by atoms with van der Waals surface area (Å²) in [5.41, 5.74) is 7.05. The van der Waals surface area contributed by atoms with Crippen LogP contribution in [0.5, 0.6) is 0 Å². The first kappa shape index (κ1) is 12.8. The number of aromatic nitrogens is 2. The molecule has 1 atom stereocenters. The zero-order valence-corrected chi connectivity index (χ0v) is 11.7. The van der Waals surface area contributed by atoms with Gasteiger partial charge < -0.3 is 11.1 Å². The maximum atomic E-state index is 5.84. The van der Waals surface area contributed by atoms with Gasteiger partial charge in [-0.1, -0.05) is 37.3 Å². The maximum absolute atomic E-state index is 5.84. The third kappa shape index (κ3) is 2.98. The largest absolute Gasteiger partial charge is 0.381 e. The second kappa shape index (κ2) is 5.82. The van der Waals surface area contributed by atoms with Gasteiger partial charge in [-0.2, -0.15) is 0 Å². The molecule has 0 aliphatic carbocycles. The summed E-state index contributed by atoms with van der Waals surface area (Å²) in [6.07, 6.45) is 2.58. The van der Waals surface area contributed by atoms with Gasteiger partial charge in [0.15, 0.2) is 11.6 Å². The van der Waals surface area contributed by atoms with E-state index in [1.807, 2.05) is 18.2 Å². The van der Waals surface area contributed by atoms with E-state index in [9.17, 15) is 0 Å². The predicted octanol–water partition coefficient (Wildman–Crippen LogP) is 3.38. The van der Waals surface area contributed by atoms with Crippen LogP contribution in [0.25, 0.3) is 0 Å². The van der Waals surface area contributed by atoms with Crippen LogP contribution in [0.15, 0.2) is 41.1 Å². The molecular formula is C13H15BrN4. The minimum Gasteiger partial charge on any atom is -0.381 e. The van der Waals surface area contributed by atoms with Crippen LogP contribution in [-0.2, 0) is 0 Å². The van der Waals surface area contributed by atoms with Crippen molar-refractivity contribution in [3.8, 4) is 0 Å². The Bertz CT molecular complexity index is 516. The summed E-state index contributed by atoms with van der Waals surface area (Å²) in [5.74, 6) is 1.02. The second-order valence-electron chi connectivity index (χ2n) is 3.94. The summed E-state index contributed by atoms with van der Waals surface area (Å²) in [4.78, 5) is 8.37. The number of nitrogen functional groups attached to an aromatic ring is 1. The molecule has 4 nitrogen and oxygen atoms in total. The molecule has 0 saturated carbocycles. The summed E-state index contributed by atoms with van der Waals surface area (Å²) in [7, 11) is 0. The zero-order valence-electron chi connectivity index (χ0n) is 10.1. The van der Waals surface area contributed by atoms with Crippen LogP contribution < -0.4 is 11.1 Å². The van der Waals surface area contributed by atoms with Gasteiger partial charge in [0.25, 0.3) is 0 Å². The van der Waals surface area contributed by atoms with Crippen molar-refractivity contribution in [3.63, 3.8) is 0 Å². The summed E-state index contributed by atoms with van der Waals surface area (Å²) in [5, 5.41) is 3.32. The van der Waals surface area contributed by atoms with E-state index in [0.29, 0.717) is 16.2 Å². The molecule has 0 bridgehead atoms. The lowest BCUT2D eigenvalue weighted by atomic mass is 10.0. The number of hydrogen-bond acceptors (Lipinski definition) is 4. The summed E-state index contributed by atoms with van der Waals surface area (Å²) in [6, 6.07) is 10.4. The molecule has 1 unspecified atom stereocenters. The molecule has 0 fully saturated rings. The fraction of sp³-hybridized carbons (Fsp3) is 0.231. The van der Waals surface area contributed by atoms with Gasteiger partial charge in [-0.25, -0.2) is 9.97 Å². The molecule has 0 aliphatic rings. The van der Waals surface area contributed by atoms with Crippen molar-refractivity contribution in [2.24, 2.45) is 0 Å². The van der Waals surface area contributed by atoms with E-state index in [1.165, 1.54) is 5.56 Å². The average Bonchev–Trinajstić information content (AvgIpc) is 2.39. The fourth-order valence-electron chi connectivity index (χ4n) is 1.76. The normalized spacial score (nSPS) is 12.1. The van der Waals surface area contributed by atoms with Crippen LogP contribution in [0.4, 0.5) is 11.6 Å². The molecule has 2 aromatic rings. The van der Waals surface area contributed by atoms with Crippen LogP contribution in [0.3, 0.4) is 0 Å². The Morgan fingerprint density at radius 2 is 2.06 bits per heavy atom. The molecular weight excluding hydrogens is 292 g/mol. The van der Waals surface area contributed by atoms with Crippen LogP contribution in [0.2, 0.25) is 0 Å². The van der Waals surface area contributed by atoms with Crippen molar-refractivity contribution in [2.75, 3.05) is 11.1 Å². The van der Waals surface area contributed by atoms with E-state index in [-0.39, 0.29) is 6.04 Å². The van der Waals surface area contributed by atoms with Gasteiger partial charge in [-0.3, -0.25) is 0 Å². The van der Waals surface area contributed by atoms with Crippen molar-refractivity contribution < 1.29 is 0 Å². The van der Waals surface area contributed by atoms with Crippen molar-refractivity contribution in [2.45, 2.75) is 19.4 Å². The zero-order chi connectivity index (χ0) is 13.0. The van der Waals surface area contributed by atoms with E-state index in [1.54, 1.807) is 6.20 Å². The summed E-state index contributed by atoms with van der Waals surface area (Å²) < 4.78 is 0.637. The second-order valence-corrected chi connectivity index (χ2v) is 4.75. The molecule has 1 heterocycles. The Labute approximate surface area is 115 Å². The van der Waals surface area contributed by atoms with Gasteiger partial charge in [0.2, 0.25) is 0 Å². The Balaban J connectivity index is 2.21. The lowest BCUT2D eigenvalue weighted by molar-refractivity contribution is 0.744. The standard InChI is InChI=1S/C13H15BrN4/c1-2-10(9-6-4-3-5-7-9)17-13-12(15)18-11(14)8-16-13/h3-8,10H,2H2,1H3,(H2,15,18)(H,16,17). The van der Waals surface area contributed by atoms with Gasteiger partial charge in [0.05, 0.1) is 12.2 Å². The number of nitrogens with one attached hydrogen (secondary N) is 1. The maximum Gasteiger partial charge on any atom is 0.169 e. The van der Waals surface area contributed by atoms with Crippen molar-refractivity contribution >= 4 is 27.6 Å². The number of hydrogen-bond donors (Lipinski definition) is 2. The monoisotopic (exact) mass is 306 g/mol. The van der Waals surface area contributed by atoms with Crippen LogP contribution in [0, 0.1) is 0 Å². The molecule has 0 amide bonds. The lowest BCUT2D eigenvalue weighted by Crippen LogP contribution is -2.13. The van der Waals surface area contributed by atoms with Gasteiger partial charge >= 0.3 is 0 Å². The first-order chi connectivity index (χ1) is 8.70. The van der Waals surface area contributed by atoms with Crippen LogP contribution in [0.1, 0.15) is 24.9 Å². The molecule has 3 N–H and O–H groups in total. The molecule has 1 aromatic carbocycles. The highest BCUT2D eigenvalue weighted by atomic mass is 79.9. The molecule has 1 aromatic heterocycles. The first-order valence-corrected chi connectivity index (χ1v) is 6.59. The Morgan fingerprint density at radius 1 is 1.33 bits per heavy atom. The van der Waals surface area contributed by atoms with E-state index in [0.717, 1.165) is 6.42 Å². The molecule has 0 aliphatic heterocycles. The van der Waals surface area contributed by atoms with Gasteiger partial charge in [-0.05, 0) is 27.9 Å². The van der Waals surface area contributed by atoms with E-state index in [4.69, 9.17) is 5.73 Å². The van der Waals surface area contributed by atoms with Gasteiger partial charge in [0.1, 0.15) is 4.60 Å². The molecule has 0 spiro atoms. The number of nitrogens with zero attached hydrogens (tertiary/aromatic N) is 2. The van der Waals surface area contributed by atoms with E-state index >= 15 is 0 Å². The van der Waals surface area contributed by atoms with Crippen molar-refractivity contribution in [1.82, 2.24) is 9.97 Å². The third-order valence-electron chi connectivity index (χ3n) is 2.69. The van der Waals surface area contributed by atoms with Gasteiger partial charge in [-0.15, -0.1) is 0 Å². The van der Waals surface area contributed by atoms with E-state index < -0.39 is 0 Å². The average molecular weight is 307 g/mol. The minimum atomic E-state index is 0.184. The van der Waals surface area contributed by atoms with Crippen LogP contribution in [-0.4, -0.2) is 9.97 Å². The number of halogens is 1. The van der Waals surface area contributed by atoms with Crippen molar-refractivity contribution in [1.29, 1.82) is 0 Å². The van der Waals surface area contributed by atoms with E-state index in [2.05, 4.69) is 50.3 Å². The Hall–Kier alpha value is -1.62. The topological polar surface area (TPSA) is 63.8 Å². The number of anilines is 2. The molecule has 2 rings (SSSR count). The smallest absolute Gasteiger partial charge is 0.169 e. The highest BCUT2D eigenvalue weighted by Gasteiger charge is 2.11. The molecule has 5 heteroatoms. The van der Waals surface area contributed by atoms with Crippen LogP contribution >= 0.6 is 15.9 Å². The summed E-state index contributed by atoms with van der Waals surface area (Å²) >= 11 is 3.24. The lowest BCUT2D eigenvalue weighted by Gasteiger charge is -2.18. The quantitative estimate of drug-likeness (QED) is 0.909. The first-order valence-electron chi connectivity index (χ1n) is 5.80. The Morgan fingerprint density at radius 3 is 2.67 bits per heavy atom. The fourth-order valence-corrected chi connectivity index (χ4v) is 2.06.